The highest BCUT2D eigenvalue weighted by molar-refractivity contribution is 5.81. The molecule has 0 saturated carbocycles. The van der Waals surface area contributed by atoms with Crippen molar-refractivity contribution in [3.8, 4) is 6.01 Å². The molecule has 2 rings (SSSR count). The highest BCUT2D eigenvalue weighted by Crippen LogP contribution is 2.18. The Balaban J connectivity index is 1.81. The van der Waals surface area contributed by atoms with Crippen molar-refractivity contribution in [3.63, 3.8) is 0 Å². The summed E-state index contributed by atoms with van der Waals surface area (Å²) in [5.41, 5.74) is 6.77. The molecule has 0 radical (unpaired) electrons. The minimum Gasteiger partial charge on any atom is -0.480 e. The lowest BCUT2D eigenvalue weighted by Gasteiger charge is -2.02. The number of aromatic hydroxyl groups is 1. The number of aromatic amines is 1. The van der Waals surface area contributed by atoms with Crippen LogP contribution in [0, 0.1) is 0 Å². The molecule has 0 aliphatic heterocycles. The molecule has 6 nitrogen and oxygen atoms in total. The Bertz CT molecular complexity index is 552. The first-order valence-electron chi connectivity index (χ1n) is 7.41. The number of hydrogen-bond donors (Lipinski definition) is 3. The summed E-state index contributed by atoms with van der Waals surface area (Å²) in [7, 11) is 0. The molecule has 6 heteroatoms. The van der Waals surface area contributed by atoms with Gasteiger partial charge in [-0.1, -0.05) is 45.4 Å². The largest absolute Gasteiger partial charge is 0.480 e. The quantitative estimate of drug-likeness (QED) is 0.644. The van der Waals surface area contributed by atoms with E-state index in [0.717, 1.165) is 12.8 Å². The molecule has 4 N–H and O–H groups in total. The number of rotatable bonds is 8. The van der Waals surface area contributed by atoms with Crippen LogP contribution in [0.25, 0.3) is 11.2 Å². The summed E-state index contributed by atoms with van der Waals surface area (Å²) < 4.78 is 0. The van der Waals surface area contributed by atoms with Crippen LogP contribution in [-0.4, -0.2) is 25.0 Å². The van der Waals surface area contributed by atoms with E-state index in [1.165, 1.54) is 38.5 Å². The van der Waals surface area contributed by atoms with Crippen molar-refractivity contribution in [1.29, 1.82) is 0 Å². The molecule has 0 amide bonds. The predicted octanol–water partition coefficient (Wildman–Crippen LogP) is 2.93. The van der Waals surface area contributed by atoms with E-state index in [-0.39, 0.29) is 6.01 Å². The number of hydrogen-bond acceptors (Lipinski definition) is 5. The number of nitrogens with zero attached hydrogens (tertiary/aromatic N) is 3. The topological polar surface area (TPSA) is 101 Å². The van der Waals surface area contributed by atoms with Crippen LogP contribution in [0.3, 0.4) is 0 Å². The van der Waals surface area contributed by atoms with Gasteiger partial charge in [0.15, 0.2) is 11.5 Å². The highest BCUT2D eigenvalue weighted by atomic mass is 16.3. The monoisotopic (exact) mass is 277 g/mol. The first-order valence-corrected chi connectivity index (χ1v) is 7.41. The zero-order valence-corrected chi connectivity index (χ0v) is 12.0. The van der Waals surface area contributed by atoms with E-state index in [1.54, 1.807) is 0 Å². The maximum atomic E-state index is 9.30. The predicted molar refractivity (Wildman–Crippen MR) is 79.5 cm³/mol. The highest BCUT2D eigenvalue weighted by Gasteiger charge is 2.09. The van der Waals surface area contributed by atoms with Gasteiger partial charge in [-0.2, -0.15) is 4.98 Å². The number of unbranched alkanes of at least 4 members (excludes halogenated alkanes) is 6. The van der Waals surface area contributed by atoms with Gasteiger partial charge in [0, 0.05) is 6.42 Å². The summed E-state index contributed by atoms with van der Waals surface area (Å²) in [5.74, 6) is 1.05. The normalized spacial score (nSPS) is 11.2. The molecule has 0 bridgehead atoms. The van der Waals surface area contributed by atoms with Gasteiger partial charge in [-0.05, 0) is 6.42 Å². The molecule has 2 aromatic rings. The first kappa shape index (κ1) is 14.6. The van der Waals surface area contributed by atoms with Crippen LogP contribution in [0.2, 0.25) is 0 Å². The number of imidazole rings is 1. The second kappa shape index (κ2) is 7.07. The van der Waals surface area contributed by atoms with Crippen molar-refractivity contribution < 1.29 is 5.11 Å². The lowest BCUT2D eigenvalue weighted by molar-refractivity contribution is 0.438. The van der Waals surface area contributed by atoms with Gasteiger partial charge in [-0.15, -0.1) is 0 Å². The molecule has 2 aromatic heterocycles. The first-order chi connectivity index (χ1) is 9.70. The molecule has 0 aromatic carbocycles. The van der Waals surface area contributed by atoms with E-state index < -0.39 is 0 Å². The smallest absolute Gasteiger partial charge is 0.293 e. The van der Waals surface area contributed by atoms with Gasteiger partial charge < -0.3 is 15.8 Å². The number of anilines is 1. The number of aromatic nitrogens is 4. The molecule has 0 aliphatic carbocycles. The Morgan fingerprint density at radius 2 is 1.70 bits per heavy atom. The summed E-state index contributed by atoms with van der Waals surface area (Å²) in [6.07, 6.45) is 9.58. The van der Waals surface area contributed by atoms with Gasteiger partial charge in [-0.25, -0.2) is 9.97 Å². The van der Waals surface area contributed by atoms with Crippen molar-refractivity contribution in [2.45, 2.75) is 58.3 Å². The van der Waals surface area contributed by atoms with Gasteiger partial charge in [-0.3, -0.25) is 0 Å². The molecule has 0 aliphatic rings. The van der Waals surface area contributed by atoms with Crippen molar-refractivity contribution in [1.82, 2.24) is 19.9 Å². The third-order valence-corrected chi connectivity index (χ3v) is 3.42. The van der Waals surface area contributed by atoms with Gasteiger partial charge in [0.2, 0.25) is 0 Å². The fourth-order valence-corrected chi connectivity index (χ4v) is 2.31. The van der Waals surface area contributed by atoms with Crippen LogP contribution >= 0.6 is 0 Å². The maximum Gasteiger partial charge on any atom is 0.293 e. The van der Waals surface area contributed by atoms with E-state index in [0.29, 0.717) is 22.8 Å². The molecule has 0 saturated heterocycles. The van der Waals surface area contributed by atoms with Gasteiger partial charge >= 0.3 is 0 Å². The molecular weight excluding hydrogens is 254 g/mol. The van der Waals surface area contributed by atoms with Crippen LogP contribution in [0.15, 0.2) is 0 Å². The van der Waals surface area contributed by atoms with Crippen LogP contribution < -0.4 is 5.73 Å². The SMILES string of the molecule is CCCCCCCCCc1nc(N)c2[nH]c(O)nc2n1. The third-order valence-electron chi connectivity index (χ3n) is 3.42. The molecule has 0 spiro atoms. The molecule has 110 valence electrons. The number of nitrogens with one attached hydrogen (secondary N) is 1. The van der Waals surface area contributed by atoms with Gasteiger partial charge in [0.1, 0.15) is 11.3 Å². The van der Waals surface area contributed by atoms with Crippen molar-refractivity contribution in [3.05, 3.63) is 5.82 Å². The molecule has 20 heavy (non-hydrogen) atoms. The Labute approximate surface area is 118 Å². The minimum absolute atomic E-state index is 0.172. The number of fused-ring (bicyclic) bond motifs is 1. The minimum atomic E-state index is -0.172. The van der Waals surface area contributed by atoms with Crippen LogP contribution in [0.1, 0.15) is 57.7 Å². The van der Waals surface area contributed by atoms with Crippen LogP contribution in [-0.2, 0) is 6.42 Å². The van der Waals surface area contributed by atoms with Crippen molar-refractivity contribution in [2.75, 3.05) is 5.73 Å². The zero-order chi connectivity index (χ0) is 14.4. The van der Waals surface area contributed by atoms with Crippen LogP contribution in [0.4, 0.5) is 5.82 Å². The van der Waals surface area contributed by atoms with Crippen molar-refractivity contribution >= 4 is 17.0 Å². The maximum absolute atomic E-state index is 9.30. The molecule has 0 atom stereocenters. The zero-order valence-electron chi connectivity index (χ0n) is 12.0. The molecule has 2 heterocycles. The second-order valence-electron chi connectivity index (χ2n) is 5.16. The molecular formula is C14H23N5O. The lowest BCUT2D eigenvalue weighted by Crippen LogP contribution is -2.01. The van der Waals surface area contributed by atoms with E-state index in [4.69, 9.17) is 5.73 Å². The Morgan fingerprint density at radius 3 is 2.45 bits per heavy atom. The van der Waals surface area contributed by atoms with E-state index >= 15 is 0 Å². The Morgan fingerprint density at radius 1 is 1.00 bits per heavy atom. The summed E-state index contributed by atoms with van der Waals surface area (Å²) in [5, 5.41) is 9.30. The standard InChI is InChI=1S/C14H23N5O/c1-2-3-4-5-6-7-8-9-10-16-12(15)11-13(17-10)19-14(20)18-11/h2-9H2,1H3,(H4,15,16,17,18,19,20). The lowest BCUT2D eigenvalue weighted by atomic mass is 10.1. The number of H-pyrrole nitrogens is 1. The van der Waals surface area contributed by atoms with E-state index in [9.17, 15) is 5.11 Å². The third kappa shape index (κ3) is 3.82. The van der Waals surface area contributed by atoms with Gasteiger partial charge in [0.25, 0.3) is 6.01 Å². The Hall–Kier alpha value is -1.85. The van der Waals surface area contributed by atoms with Crippen LogP contribution in [0.5, 0.6) is 6.01 Å². The molecule has 0 unspecified atom stereocenters. The summed E-state index contributed by atoms with van der Waals surface area (Å²) >= 11 is 0. The number of aryl methyl sites for hydroxylation is 1. The van der Waals surface area contributed by atoms with E-state index in [2.05, 4.69) is 26.9 Å². The van der Waals surface area contributed by atoms with Crippen molar-refractivity contribution in [2.24, 2.45) is 0 Å². The summed E-state index contributed by atoms with van der Waals surface area (Å²) in [4.78, 5) is 15.1. The van der Waals surface area contributed by atoms with Gasteiger partial charge in [0.05, 0.1) is 0 Å². The fourth-order valence-electron chi connectivity index (χ4n) is 2.31. The average molecular weight is 277 g/mol. The fraction of sp³-hybridized carbons (Fsp3) is 0.643. The second-order valence-corrected chi connectivity index (χ2v) is 5.16. The number of nitrogens with two attached hydrogens (primary N) is 1. The molecule has 0 fully saturated rings. The number of nitrogen functional groups attached to an aromatic ring is 1. The average Bonchev–Trinajstić information content (AvgIpc) is 2.79. The summed E-state index contributed by atoms with van der Waals surface area (Å²) in [6, 6.07) is -0.172. The summed E-state index contributed by atoms with van der Waals surface area (Å²) in [6.45, 7) is 2.23. The van der Waals surface area contributed by atoms with E-state index in [1.807, 2.05) is 0 Å². The Kier molecular flexibility index (Phi) is 5.15.